The van der Waals surface area contributed by atoms with Gasteiger partial charge in [0.25, 0.3) is 11.8 Å². The molecule has 0 unspecified atom stereocenters. The lowest BCUT2D eigenvalue weighted by molar-refractivity contribution is -0.120. The van der Waals surface area contributed by atoms with Gasteiger partial charge in [0, 0.05) is 38.4 Å². The highest BCUT2D eigenvalue weighted by atomic mass is 35.5. The fourth-order valence-corrected chi connectivity index (χ4v) is 3.41. The minimum absolute atomic E-state index is 0.0613. The summed E-state index contributed by atoms with van der Waals surface area (Å²) in [7, 11) is 3.05. The molecule has 0 N–H and O–H groups in total. The van der Waals surface area contributed by atoms with E-state index in [1.807, 2.05) is 0 Å². The van der Waals surface area contributed by atoms with Gasteiger partial charge in [-0.1, -0.05) is 23.7 Å². The lowest BCUT2D eigenvalue weighted by Crippen LogP contribution is -2.37. The van der Waals surface area contributed by atoms with Gasteiger partial charge in [0.15, 0.2) is 11.6 Å². The van der Waals surface area contributed by atoms with Crippen LogP contribution in [0.3, 0.4) is 0 Å². The first kappa shape index (κ1) is 22.9. The molecule has 1 heterocycles. The molecule has 0 saturated heterocycles. The summed E-state index contributed by atoms with van der Waals surface area (Å²) in [5, 5.41) is 0.468. The van der Waals surface area contributed by atoms with E-state index in [0.717, 1.165) is 17.0 Å². The van der Waals surface area contributed by atoms with Crippen molar-refractivity contribution in [2.45, 2.75) is 0 Å². The SMILES string of the molecule is COCCN(CCOC)C1=C(c2ccc(Cl)cc2)C(=O)N(c2ccc(F)c(F)c2)C1=O. The molecule has 0 saturated carbocycles. The van der Waals surface area contributed by atoms with E-state index in [9.17, 15) is 18.4 Å². The highest BCUT2D eigenvalue weighted by molar-refractivity contribution is 6.45. The average molecular weight is 451 g/mol. The van der Waals surface area contributed by atoms with Gasteiger partial charge < -0.3 is 14.4 Å². The van der Waals surface area contributed by atoms with E-state index in [0.29, 0.717) is 36.9 Å². The van der Waals surface area contributed by atoms with E-state index in [4.69, 9.17) is 21.1 Å². The quantitative estimate of drug-likeness (QED) is 0.547. The van der Waals surface area contributed by atoms with E-state index in [-0.39, 0.29) is 17.0 Å². The number of rotatable bonds is 9. The van der Waals surface area contributed by atoms with Crippen LogP contribution in [-0.2, 0) is 19.1 Å². The number of benzene rings is 2. The third kappa shape index (κ3) is 4.76. The number of ether oxygens (including phenoxy) is 2. The van der Waals surface area contributed by atoms with Crippen LogP contribution in [0, 0.1) is 11.6 Å². The van der Waals surface area contributed by atoms with Gasteiger partial charge in [-0.3, -0.25) is 9.59 Å². The number of hydrogen-bond acceptors (Lipinski definition) is 5. The number of anilines is 1. The number of nitrogens with zero attached hydrogens (tertiary/aromatic N) is 2. The first-order chi connectivity index (χ1) is 14.9. The molecular weight excluding hydrogens is 430 g/mol. The van der Waals surface area contributed by atoms with Crippen molar-refractivity contribution < 1.29 is 27.8 Å². The molecule has 0 bridgehead atoms. The largest absolute Gasteiger partial charge is 0.383 e. The number of carbonyl (C=O) groups excluding carboxylic acids is 2. The molecule has 0 aliphatic carbocycles. The second-order valence-electron chi connectivity index (χ2n) is 6.75. The average Bonchev–Trinajstić information content (AvgIpc) is 3.01. The maximum absolute atomic E-state index is 13.8. The third-order valence-corrected chi connectivity index (χ3v) is 5.05. The number of imide groups is 1. The molecule has 2 aromatic carbocycles. The monoisotopic (exact) mass is 450 g/mol. The van der Waals surface area contributed by atoms with Crippen molar-refractivity contribution >= 4 is 34.7 Å². The first-order valence-electron chi connectivity index (χ1n) is 9.46. The molecule has 0 aromatic heterocycles. The van der Waals surface area contributed by atoms with Crippen LogP contribution in [-0.4, -0.2) is 57.2 Å². The summed E-state index contributed by atoms with van der Waals surface area (Å²) in [5.74, 6) is -3.52. The van der Waals surface area contributed by atoms with Crippen LogP contribution in [0.5, 0.6) is 0 Å². The van der Waals surface area contributed by atoms with Gasteiger partial charge in [0.1, 0.15) is 5.70 Å². The summed E-state index contributed by atoms with van der Waals surface area (Å²) in [6.07, 6.45) is 0. The highest BCUT2D eigenvalue weighted by Crippen LogP contribution is 2.35. The van der Waals surface area contributed by atoms with Crippen LogP contribution in [0.15, 0.2) is 48.2 Å². The van der Waals surface area contributed by atoms with Gasteiger partial charge in [-0.25, -0.2) is 13.7 Å². The Morgan fingerprint density at radius 3 is 2.06 bits per heavy atom. The summed E-state index contributed by atoms with van der Waals surface area (Å²) in [6.45, 7) is 1.23. The van der Waals surface area contributed by atoms with Crippen molar-refractivity contribution in [1.82, 2.24) is 4.90 Å². The molecule has 0 atom stereocenters. The number of amides is 2. The fraction of sp³-hybridized carbons (Fsp3) is 0.273. The van der Waals surface area contributed by atoms with Gasteiger partial charge in [-0.15, -0.1) is 0 Å². The normalized spacial score (nSPS) is 14.0. The minimum atomic E-state index is -1.16. The Balaban J connectivity index is 2.13. The van der Waals surface area contributed by atoms with Gasteiger partial charge in [0.05, 0.1) is 24.5 Å². The zero-order valence-electron chi connectivity index (χ0n) is 17.0. The smallest absolute Gasteiger partial charge is 0.282 e. The van der Waals surface area contributed by atoms with Gasteiger partial charge in [0.2, 0.25) is 0 Å². The van der Waals surface area contributed by atoms with Crippen LogP contribution < -0.4 is 4.90 Å². The second-order valence-corrected chi connectivity index (χ2v) is 7.18. The Kier molecular flexibility index (Phi) is 7.37. The number of hydrogen-bond donors (Lipinski definition) is 0. The molecule has 9 heteroatoms. The summed E-state index contributed by atoms with van der Waals surface area (Å²) < 4.78 is 37.6. The molecule has 1 aliphatic heterocycles. The topological polar surface area (TPSA) is 59.1 Å². The van der Waals surface area contributed by atoms with Crippen LogP contribution >= 0.6 is 11.6 Å². The molecular formula is C22H21ClF2N2O4. The number of halogens is 3. The lowest BCUT2D eigenvalue weighted by atomic mass is 10.0. The zero-order valence-corrected chi connectivity index (χ0v) is 17.8. The van der Waals surface area contributed by atoms with E-state index in [1.54, 1.807) is 29.2 Å². The summed E-state index contributed by atoms with van der Waals surface area (Å²) in [4.78, 5) is 29.3. The van der Waals surface area contributed by atoms with Crippen molar-refractivity contribution in [2.75, 3.05) is 45.4 Å². The van der Waals surface area contributed by atoms with Crippen molar-refractivity contribution in [2.24, 2.45) is 0 Å². The first-order valence-corrected chi connectivity index (χ1v) is 9.83. The Morgan fingerprint density at radius 2 is 1.52 bits per heavy atom. The van der Waals surface area contributed by atoms with Crippen LogP contribution in [0.1, 0.15) is 5.56 Å². The summed E-state index contributed by atoms with van der Waals surface area (Å²) in [6, 6.07) is 9.35. The molecule has 6 nitrogen and oxygen atoms in total. The molecule has 0 radical (unpaired) electrons. The predicted octanol–water partition coefficient (Wildman–Crippen LogP) is 3.50. The molecule has 2 amide bonds. The Bertz CT molecular complexity index is 1000. The minimum Gasteiger partial charge on any atom is -0.383 e. The molecule has 31 heavy (non-hydrogen) atoms. The Labute approximate surface area is 183 Å². The number of methoxy groups -OCH3 is 2. The Hall–Kier alpha value is -2.81. The van der Waals surface area contributed by atoms with Crippen LogP contribution in [0.25, 0.3) is 5.57 Å². The highest BCUT2D eigenvalue weighted by Gasteiger charge is 2.42. The Morgan fingerprint density at radius 1 is 0.903 bits per heavy atom. The predicted molar refractivity (Wildman–Crippen MR) is 113 cm³/mol. The van der Waals surface area contributed by atoms with Crippen molar-refractivity contribution in [3.63, 3.8) is 0 Å². The maximum Gasteiger partial charge on any atom is 0.282 e. The van der Waals surface area contributed by atoms with E-state index < -0.39 is 23.4 Å². The maximum atomic E-state index is 13.8. The van der Waals surface area contributed by atoms with Crippen LogP contribution in [0.4, 0.5) is 14.5 Å². The lowest BCUT2D eigenvalue weighted by Gasteiger charge is -2.25. The fourth-order valence-electron chi connectivity index (χ4n) is 3.29. The van der Waals surface area contributed by atoms with Crippen molar-refractivity contribution in [3.05, 3.63) is 70.4 Å². The van der Waals surface area contributed by atoms with Crippen molar-refractivity contribution in [3.8, 4) is 0 Å². The summed E-state index contributed by atoms with van der Waals surface area (Å²) >= 11 is 5.98. The molecule has 0 spiro atoms. The van der Waals surface area contributed by atoms with Gasteiger partial charge in [-0.2, -0.15) is 0 Å². The van der Waals surface area contributed by atoms with Crippen molar-refractivity contribution in [1.29, 1.82) is 0 Å². The van der Waals surface area contributed by atoms with Gasteiger partial charge in [-0.05, 0) is 29.8 Å². The third-order valence-electron chi connectivity index (χ3n) is 4.80. The molecule has 3 rings (SSSR count). The second kappa shape index (κ2) is 10.00. The van der Waals surface area contributed by atoms with E-state index >= 15 is 0 Å². The zero-order chi connectivity index (χ0) is 22.5. The molecule has 1 aliphatic rings. The summed E-state index contributed by atoms with van der Waals surface area (Å²) in [5.41, 5.74) is 0.682. The number of carbonyl (C=O) groups is 2. The van der Waals surface area contributed by atoms with Gasteiger partial charge >= 0.3 is 0 Å². The standard InChI is InChI=1S/C22H21ClF2N2O4/c1-30-11-9-26(10-12-31-2)20-19(14-3-5-15(23)6-4-14)21(28)27(22(20)29)16-7-8-17(24)18(25)13-16/h3-8,13H,9-12H2,1-2H3. The molecule has 2 aromatic rings. The van der Waals surface area contributed by atoms with E-state index in [1.165, 1.54) is 20.3 Å². The van der Waals surface area contributed by atoms with E-state index in [2.05, 4.69) is 0 Å². The molecule has 164 valence electrons. The van der Waals surface area contributed by atoms with Crippen LogP contribution in [0.2, 0.25) is 5.02 Å². The molecule has 0 fully saturated rings.